The van der Waals surface area contributed by atoms with E-state index in [2.05, 4.69) is 15.9 Å². The summed E-state index contributed by atoms with van der Waals surface area (Å²) in [7, 11) is -2.91. The maximum atomic E-state index is 11.2. The van der Waals surface area contributed by atoms with Gasteiger partial charge in [-0.05, 0) is 24.6 Å². The Kier molecular flexibility index (Phi) is 5.27. The Morgan fingerprint density at radius 1 is 1.41 bits per heavy atom. The highest BCUT2D eigenvalue weighted by Crippen LogP contribution is 2.25. The number of hydrogen-bond donors (Lipinski definition) is 1. The van der Waals surface area contributed by atoms with Gasteiger partial charge in [-0.3, -0.25) is 0 Å². The average molecular weight is 322 g/mol. The van der Waals surface area contributed by atoms with Crippen LogP contribution in [0.5, 0.6) is 5.75 Å². The van der Waals surface area contributed by atoms with Crippen LogP contribution in [0.15, 0.2) is 22.7 Å². The summed E-state index contributed by atoms with van der Waals surface area (Å²) in [4.78, 5) is 0. The van der Waals surface area contributed by atoms with Crippen molar-refractivity contribution >= 4 is 31.5 Å². The van der Waals surface area contributed by atoms with Gasteiger partial charge in [0.1, 0.15) is 15.6 Å². The fourth-order valence-electron chi connectivity index (χ4n) is 1.26. The smallest absolute Gasteiger partial charge is 0.150 e. The molecule has 1 aromatic rings. The van der Waals surface area contributed by atoms with Crippen LogP contribution in [-0.4, -0.2) is 26.5 Å². The normalized spacial score (nSPS) is 11.4. The Morgan fingerprint density at radius 3 is 2.71 bits per heavy atom. The van der Waals surface area contributed by atoms with Crippen LogP contribution in [0.3, 0.4) is 0 Å². The zero-order valence-corrected chi connectivity index (χ0v) is 12.1. The number of benzene rings is 1. The van der Waals surface area contributed by atoms with Crippen molar-refractivity contribution in [3.63, 3.8) is 0 Å². The lowest BCUT2D eigenvalue weighted by atomic mass is 10.3. The first-order chi connectivity index (χ1) is 7.94. The van der Waals surface area contributed by atoms with Crippen LogP contribution in [0.25, 0.3) is 0 Å². The molecule has 0 aliphatic carbocycles. The zero-order chi connectivity index (χ0) is 12.9. The van der Waals surface area contributed by atoms with E-state index < -0.39 is 9.84 Å². The van der Waals surface area contributed by atoms with Crippen molar-refractivity contribution in [2.45, 2.75) is 13.3 Å². The summed E-state index contributed by atoms with van der Waals surface area (Å²) in [6, 6.07) is 5.33. The van der Waals surface area contributed by atoms with E-state index in [1.165, 1.54) is 0 Å². The number of nitrogen functional groups attached to an aromatic ring is 1. The summed E-state index contributed by atoms with van der Waals surface area (Å²) < 4.78 is 28.8. The first-order valence-corrected chi connectivity index (χ1v) is 7.94. The van der Waals surface area contributed by atoms with E-state index >= 15 is 0 Å². The summed E-state index contributed by atoms with van der Waals surface area (Å²) in [5.41, 5.74) is 6.28. The highest BCUT2D eigenvalue weighted by atomic mass is 79.9. The zero-order valence-electron chi connectivity index (χ0n) is 9.65. The van der Waals surface area contributed by atoms with Crippen molar-refractivity contribution in [1.82, 2.24) is 0 Å². The second-order valence-corrected chi connectivity index (χ2v) is 7.01. The molecule has 0 aliphatic rings. The number of sulfone groups is 1. The molecular formula is C11H16BrNO3S. The predicted octanol–water partition coefficient (Wildman–Crippen LogP) is 2.23. The van der Waals surface area contributed by atoms with Crippen molar-refractivity contribution in [2.24, 2.45) is 0 Å². The second kappa shape index (κ2) is 6.26. The van der Waals surface area contributed by atoms with Gasteiger partial charge in [0.15, 0.2) is 0 Å². The van der Waals surface area contributed by atoms with Gasteiger partial charge in [0.25, 0.3) is 0 Å². The van der Waals surface area contributed by atoms with Gasteiger partial charge in [0.05, 0.1) is 18.0 Å². The van der Waals surface area contributed by atoms with E-state index in [1.807, 2.05) is 6.07 Å². The van der Waals surface area contributed by atoms with Crippen molar-refractivity contribution in [3.8, 4) is 5.75 Å². The molecule has 0 unspecified atom stereocenters. The maximum Gasteiger partial charge on any atom is 0.150 e. The SMILES string of the molecule is CCS(=O)(=O)CCCOc1ccc(Br)cc1N. The summed E-state index contributed by atoms with van der Waals surface area (Å²) in [6.07, 6.45) is 0.478. The van der Waals surface area contributed by atoms with Gasteiger partial charge in [0.2, 0.25) is 0 Å². The predicted molar refractivity (Wildman–Crippen MR) is 73.0 cm³/mol. The topological polar surface area (TPSA) is 69.4 Å². The van der Waals surface area contributed by atoms with E-state index in [0.29, 0.717) is 24.5 Å². The number of rotatable bonds is 6. The Bertz CT molecular complexity index is 474. The molecule has 0 radical (unpaired) electrons. The molecule has 0 heterocycles. The minimum absolute atomic E-state index is 0.153. The molecule has 0 saturated carbocycles. The molecule has 0 atom stereocenters. The van der Waals surface area contributed by atoms with Gasteiger partial charge in [-0.2, -0.15) is 0 Å². The Balaban J connectivity index is 2.41. The molecule has 0 aromatic heterocycles. The van der Waals surface area contributed by atoms with Gasteiger partial charge >= 0.3 is 0 Å². The van der Waals surface area contributed by atoms with Crippen LogP contribution in [0.2, 0.25) is 0 Å². The highest BCUT2D eigenvalue weighted by Gasteiger charge is 2.07. The number of ether oxygens (including phenoxy) is 1. The van der Waals surface area contributed by atoms with Gasteiger partial charge in [-0.15, -0.1) is 0 Å². The van der Waals surface area contributed by atoms with Gasteiger partial charge in [-0.25, -0.2) is 8.42 Å². The van der Waals surface area contributed by atoms with Gasteiger partial charge in [0, 0.05) is 10.2 Å². The lowest BCUT2D eigenvalue weighted by molar-refractivity contribution is 0.319. The molecule has 17 heavy (non-hydrogen) atoms. The second-order valence-electron chi connectivity index (χ2n) is 3.62. The number of halogens is 1. The molecule has 96 valence electrons. The minimum atomic E-state index is -2.91. The van der Waals surface area contributed by atoms with Gasteiger partial charge < -0.3 is 10.5 Å². The molecule has 0 saturated heterocycles. The van der Waals surface area contributed by atoms with E-state index in [-0.39, 0.29) is 11.5 Å². The summed E-state index contributed by atoms with van der Waals surface area (Å²) in [6.45, 7) is 1.99. The Morgan fingerprint density at radius 2 is 2.12 bits per heavy atom. The van der Waals surface area contributed by atoms with Crippen molar-refractivity contribution in [1.29, 1.82) is 0 Å². The molecule has 0 fully saturated rings. The summed E-state index contributed by atoms with van der Waals surface area (Å²) in [5, 5.41) is 0. The summed E-state index contributed by atoms with van der Waals surface area (Å²) in [5.74, 6) is 0.912. The lowest BCUT2D eigenvalue weighted by Crippen LogP contribution is -2.12. The molecule has 6 heteroatoms. The third-order valence-corrected chi connectivity index (χ3v) is 4.55. The highest BCUT2D eigenvalue weighted by molar-refractivity contribution is 9.10. The molecule has 1 rings (SSSR count). The van der Waals surface area contributed by atoms with Crippen LogP contribution in [0.4, 0.5) is 5.69 Å². The lowest BCUT2D eigenvalue weighted by Gasteiger charge is -2.08. The Labute approximate surface area is 110 Å². The molecule has 0 bridgehead atoms. The van der Waals surface area contributed by atoms with E-state index in [0.717, 1.165) is 4.47 Å². The standard InChI is InChI=1S/C11H16BrNO3S/c1-2-17(14,15)7-3-6-16-11-5-4-9(12)8-10(11)13/h4-5,8H,2-3,6-7,13H2,1H3. The third-order valence-electron chi connectivity index (χ3n) is 2.27. The van der Waals surface area contributed by atoms with Crippen LogP contribution < -0.4 is 10.5 Å². The van der Waals surface area contributed by atoms with E-state index in [9.17, 15) is 8.42 Å². The molecule has 0 aliphatic heterocycles. The molecule has 0 spiro atoms. The number of anilines is 1. The third kappa shape index (κ3) is 4.95. The van der Waals surface area contributed by atoms with Crippen molar-refractivity contribution < 1.29 is 13.2 Å². The first kappa shape index (κ1) is 14.3. The number of hydrogen-bond acceptors (Lipinski definition) is 4. The Hall–Kier alpha value is -0.750. The van der Waals surface area contributed by atoms with Crippen LogP contribution >= 0.6 is 15.9 Å². The molecule has 0 amide bonds. The molecule has 1 aromatic carbocycles. The number of nitrogens with two attached hydrogens (primary N) is 1. The molecule has 2 N–H and O–H groups in total. The average Bonchev–Trinajstić information content (AvgIpc) is 2.27. The molecule has 4 nitrogen and oxygen atoms in total. The monoisotopic (exact) mass is 321 g/mol. The van der Waals surface area contributed by atoms with E-state index in [1.54, 1.807) is 19.1 Å². The fraction of sp³-hybridized carbons (Fsp3) is 0.455. The van der Waals surface area contributed by atoms with Crippen LogP contribution in [0.1, 0.15) is 13.3 Å². The van der Waals surface area contributed by atoms with Crippen molar-refractivity contribution in [2.75, 3.05) is 23.8 Å². The quantitative estimate of drug-likeness (QED) is 0.644. The first-order valence-electron chi connectivity index (χ1n) is 5.33. The largest absolute Gasteiger partial charge is 0.491 e. The maximum absolute atomic E-state index is 11.2. The van der Waals surface area contributed by atoms with E-state index in [4.69, 9.17) is 10.5 Å². The molecular weight excluding hydrogens is 306 g/mol. The van der Waals surface area contributed by atoms with Crippen LogP contribution in [-0.2, 0) is 9.84 Å². The van der Waals surface area contributed by atoms with Crippen molar-refractivity contribution in [3.05, 3.63) is 22.7 Å². The fourth-order valence-corrected chi connectivity index (χ4v) is 2.48. The minimum Gasteiger partial charge on any atom is -0.491 e. The van der Waals surface area contributed by atoms with Gasteiger partial charge in [-0.1, -0.05) is 22.9 Å². The summed E-state index contributed by atoms with van der Waals surface area (Å²) >= 11 is 3.30. The van der Waals surface area contributed by atoms with Crippen LogP contribution in [0, 0.1) is 0 Å².